The van der Waals surface area contributed by atoms with Gasteiger partial charge >= 0.3 is 0 Å². The third-order valence-corrected chi connectivity index (χ3v) is 6.45. The van der Waals surface area contributed by atoms with Crippen LogP contribution < -0.4 is 10.6 Å². The van der Waals surface area contributed by atoms with Crippen molar-refractivity contribution in [2.24, 2.45) is 10.4 Å². The Morgan fingerprint density at radius 2 is 2.12 bits per heavy atom. The van der Waals surface area contributed by atoms with Gasteiger partial charge in [-0.05, 0) is 60.2 Å². The van der Waals surface area contributed by atoms with Crippen LogP contribution in [0, 0.1) is 5.41 Å². The quantitative estimate of drug-likeness (QED) is 0.456. The van der Waals surface area contributed by atoms with Crippen LogP contribution in [0.5, 0.6) is 0 Å². The van der Waals surface area contributed by atoms with Gasteiger partial charge in [0.25, 0.3) is 0 Å². The van der Waals surface area contributed by atoms with Gasteiger partial charge in [0.15, 0.2) is 5.96 Å². The Labute approximate surface area is 163 Å². The molecule has 1 atom stereocenters. The maximum atomic E-state index is 5.30. The van der Waals surface area contributed by atoms with Crippen LogP contribution in [0.15, 0.2) is 21.8 Å². The average Bonchev–Trinajstić information content (AvgIpc) is 3.16. The maximum Gasteiger partial charge on any atom is 0.191 e. The molecule has 1 heterocycles. The Kier molecular flexibility index (Phi) is 8.88. The van der Waals surface area contributed by atoms with E-state index in [1.807, 2.05) is 7.05 Å². The van der Waals surface area contributed by atoms with Crippen molar-refractivity contribution in [3.8, 4) is 0 Å². The highest BCUT2D eigenvalue weighted by Gasteiger charge is 2.36. The van der Waals surface area contributed by atoms with Gasteiger partial charge in [0.2, 0.25) is 0 Å². The molecule has 0 spiro atoms. The minimum atomic E-state index is 0.376. The van der Waals surface area contributed by atoms with Crippen molar-refractivity contribution in [1.29, 1.82) is 0 Å². The van der Waals surface area contributed by atoms with Gasteiger partial charge in [0.1, 0.15) is 0 Å². The maximum absolute atomic E-state index is 5.30. The van der Waals surface area contributed by atoms with E-state index in [0.29, 0.717) is 11.5 Å². The van der Waals surface area contributed by atoms with Gasteiger partial charge < -0.3 is 15.4 Å². The van der Waals surface area contributed by atoms with Gasteiger partial charge in [-0.25, -0.2) is 0 Å². The van der Waals surface area contributed by atoms with Crippen molar-refractivity contribution in [3.63, 3.8) is 0 Å². The first kappa shape index (κ1) is 21.2. The lowest BCUT2D eigenvalue weighted by atomic mass is 9.67. The van der Waals surface area contributed by atoms with E-state index in [1.165, 1.54) is 24.8 Å². The first-order valence-electron chi connectivity index (χ1n) is 9.87. The molecule has 1 aromatic rings. The number of rotatable bonds is 11. The topological polar surface area (TPSA) is 48.9 Å². The van der Waals surface area contributed by atoms with Crippen molar-refractivity contribution in [3.05, 3.63) is 22.4 Å². The molecule has 5 nitrogen and oxygen atoms in total. The molecular formula is C20H36N4OS. The molecule has 1 saturated carbocycles. The smallest absolute Gasteiger partial charge is 0.191 e. The summed E-state index contributed by atoms with van der Waals surface area (Å²) in [4.78, 5) is 6.94. The van der Waals surface area contributed by atoms with Gasteiger partial charge in [-0.2, -0.15) is 11.3 Å². The largest absolute Gasteiger partial charge is 0.385 e. The van der Waals surface area contributed by atoms with Crippen LogP contribution in [0.25, 0.3) is 0 Å². The van der Waals surface area contributed by atoms with Crippen LogP contribution in [0.1, 0.15) is 51.1 Å². The van der Waals surface area contributed by atoms with Crippen molar-refractivity contribution in [2.45, 2.75) is 45.6 Å². The number of thiophene rings is 1. The summed E-state index contributed by atoms with van der Waals surface area (Å²) in [5.74, 6) is 0.904. The summed E-state index contributed by atoms with van der Waals surface area (Å²) in [5.41, 5.74) is 1.77. The summed E-state index contributed by atoms with van der Waals surface area (Å²) >= 11 is 1.77. The summed E-state index contributed by atoms with van der Waals surface area (Å²) in [6, 6.07) is 2.61. The van der Waals surface area contributed by atoms with Crippen LogP contribution in [-0.2, 0) is 4.74 Å². The fourth-order valence-corrected chi connectivity index (χ4v) is 4.49. The fraction of sp³-hybridized carbons (Fsp3) is 0.750. The van der Waals surface area contributed by atoms with Crippen LogP contribution in [0.2, 0.25) is 0 Å². The predicted molar refractivity (Wildman–Crippen MR) is 112 cm³/mol. The summed E-state index contributed by atoms with van der Waals surface area (Å²) in [6.07, 6.45) is 5.04. The Morgan fingerprint density at radius 3 is 2.62 bits per heavy atom. The molecule has 0 radical (unpaired) electrons. The van der Waals surface area contributed by atoms with Crippen molar-refractivity contribution >= 4 is 17.3 Å². The number of nitrogens with one attached hydrogen (secondary N) is 2. The van der Waals surface area contributed by atoms with E-state index in [9.17, 15) is 0 Å². The minimum absolute atomic E-state index is 0.376. The van der Waals surface area contributed by atoms with E-state index in [2.05, 4.69) is 51.2 Å². The molecular weight excluding hydrogens is 344 g/mol. The highest BCUT2D eigenvalue weighted by atomic mass is 32.1. The van der Waals surface area contributed by atoms with Crippen molar-refractivity contribution in [1.82, 2.24) is 15.5 Å². The van der Waals surface area contributed by atoms with Crippen molar-refractivity contribution in [2.75, 3.05) is 46.9 Å². The van der Waals surface area contributed by atoms with Crippen LogP contribution in [-0.4, -0.2) is 57.8 Å². The van der Waals surface area contributed by atoms with Crippen molar-refractivity contribution < 1.29 is 4.74 Å². The van der Waals surface area contributed by atoms with Crippen LogP contribution in [0.4, 0.5) is 0 Å². The highest BCUT2D eigenvalue weighted by Crippen LogP contribution is 2.43. The van der Waals surface area contributed by atoms with E-state index in [-0.39, 0.29) is 0 Å². The molecule has 0 aliphatic heterocycles. The number of methoxy groups -OCH3 is 1. The SMILES string of the molecule is CCN(CC)C(CNC(=NC)NCC1(CCOC)CCC1)c1ccsc1. The molecule has 0 aromatic carbocycles. The Balaban J connectivity index is 1.89. The molecule has 26 heavy (non-hydrogen) atoms. The third-order valence-electron chi connectivity index (χ3n) is 5.75. The molecule has 1 aliphatic carbocycles. The molecule has 1 fully saturated rings. The van der Waals surface area contributed by atoms with Gasteiger partial charge in [0, 0.05) is 33.9 Å². The second-order valence-electron chi connectivity index (χ2n) is 7.20. The molecule has 0 bridgehead atoms. The third kappa shape index (κ3) is 5.69. The zero-order valence-electron chi connectivity index (χ0n) is 16.9. The summed E-state index contributed by atoms with van der Waals surface area (Å²) in [6.45, 7) is 9.23. The molecule has 1 unspecified atom stereocenters. The van der Waals surface area contributed by atoms with Crippen LogP contribution in [0.3, 0.4) is 0 Å². The number of nitrogens with zero attached hydrogens (tertiary/aromatic N) is 2. The average molecular weight is 381 g/mol. The normalized spacial score (nSPS) is 17.8. The summed E-state index contributed by atoms with van der Waals surface area (Å²) in [5, 5.41) is 11.5. The van der Waals surface area contributed by atoms with E-state index >= 15 is 0 Å². The number of hydrogen-bond donors (Lipinski definition) is 2. The van der Waals surface area contributed by atoms with Gasteiger partial charge in [-0.15, -0.1) is 0 Å². The lowest BCUT2D eigenvalue weighted by Crippen LogP contribution is -2.48. The minimum Gasteiger partial charge on any atom is -0.385 e. The van der Waals surface area contributed by atoms with Gasteiger partial charge in [0.05, 0.1) is 6.04 Å². The van der Waals surface area contributed by atoms with Crippen LogP contribution >= 0.6 is 11.3 Å². The molecule has 148 valence electrons. The molecule has 2 N–H and O–H groups in total. The lowest BCUT2D eigenvalue weighted by molar-refractivity contribution is 0.0732. The van der Waals surface area contributed by atoms with E-state index < -0.39 is 0 Å². The summed E-state index contributed by atoms with van der Waals surface area (Å²) in [7, 11) is 3.65. The standard InChI is InChI=1S/C20H36N4OS/c1-5-24(6-2)18(17-8-13-26-15-17)14-22-19(21-3)23-16-20(9-7-10-20)11-12-25-4/h8,13,15,18H,5-7,9-12,14,16H2,1-4H3,(H2,21,22,23). The first-order chi connectivity index (χ1) is 12.7. The monoisotopic (exact) mass is 380 g/mol. The number of aliphatic imine (C=N–C) groups is 1. The van der Waals surface area contributed by atoms with E-state index in [1.54, 1.807) is 18.4 Å². The molecule has 6 heteroatoms. The predicted octanol–water partition coefficient (Wildman–Crippen LogP) is 3.50. The zero-order chi connectivity index (χ0) is 18.8. The lowest BCUT2D eigenvalue weighted by Gasteiger charge is -2.42. The molecule has 1 aromatic heterocycles. The molecule has 2 rings (SSSR count). The summed E-state index contributed by atoms with van der Waals surface area (Å²) < 4.78 is 5.30. The number of likely N-dealkylation sites (N-methyl/N-ethyl adjacent to an activating group) is 1. The molecule has 0 amide bonds. The Morgan fingerprint density at radius 1 is 1.35 bits per heavy atom. The van der Waals surface area contributed by atoms with Gasteiger partial charge in [-0.1, -0.05) is 20.3 Å². The van der Waals surface area contributed by atoms with E-state index in [4.69, 9.17) is 4.74 Å². The number of ether oxygens (including phenoxy) is 1. The molecule has 0 saturated heterocycles. The number of hydrogen-bond acceptors (Lipinski definition) is 4. The Hall–Kier alpha value is -1.11. The van der Waals surface area contributed by atoms with E-state index in [0.717, 1.165) is 45.2 Å². The number of guanidine groups is 1. The second-order valence-corrected chi connectivity index (χ2v) is 7.98. The molecule has 1 aliphatic rings. The highest BCUT2D eigenvalue weighted by molar-refractivity contribution is 7.07. The zero-order valence-corrected chi connectivity index (χ0v) is 17.7. The second kappa shape index (κ2) is 10.9. The fourth-order valence-electron chi connectivity index (χ4n) is 3.78. The van der Waals surface area contributed by atoms with Gasteiger partial charge in [-0.3, -0.25) is 9.89 Å². The first-order valence-corrected chi connectivity index (χ1v) is 10.8. The Bertz CT molecular complexity index is 524.